The number of nitrogens with one attached hydrogen (secondary N) is 2. The summed E-state index contributed by atoms with van der Waals surface area (Å²) in [6.07, 6.45) is 0.640. The lowest BCUT2D eigenvalue weighted by molar-refractivity contribution is 0.306. The van der Waals surface area contributed by atoms with Crippen molar-refractivity contribution in [2.24, 2.45) is 0 Å². The number of benzene rings is 2. The molecule has 0 atom stereocenters. The molecule has 29 heavy (non-hydrogen) atoms. The number of aromatic amines is 1. The number of anilines is 1. The van der Waals surface area contributed by atoms with Gasteiger partial charge in [0.05, 0.1) is 5.69 Å². The molecule has 2 heterocycles. The summed E-state index contributed by atoms with van der Waals surface area (Å²) in [5.41, 5.74) is 3.53. The maximum atomic E-state index is 12.5. The first-order valence-corrected chi connectivity index (χ1v) is 9.62. The Labute approximate surface area is 168 Å². The minimum Gasteiger partial charge on any atom is -0.489 e. The number of hydrogen-bond acceptors (Lipinski definition) is 5. The van der Waals surface area contributed by atoms with Gasteiger partial charge in [-0.25, -0.2) is 4.98 Å². The summed E-state index contributed by atoms with van der Waals surface area (Å²) in [4.78, 5) is 21.2. The minimum atomic E-state index is -0.101. The number of nitrogens with zero attached hydrogens (tertiary/aromatic N) is 3. The van der Waals surface area contributed by atoms with Gasteiger partial charge in [0.1, 0.15) is 12.4 Å². The topological polar surface area (TPSA) is 84.3 Å². The molecule has 0 aliphatic rings. The summed E-state index contributed by atoms with van der Waals surface area (Å²) >= 11 is 0. The highest BCUT2D eigenvalue weighted by Crippen LogP contribution is 2.15. The lowest BCUT2D eigenvalue weighted by atomic mass is 10.2. The van der Waals surface area contributed by atoms with Crippen LogP contribution in [0.1, 0.15) is 29.3 Å². The molecule has 0 spiro atoms. The summed E-state index contributed by atoms with van der Waals surface area (Å²) in [5.74, 6) is 1.70. The van der Waals surface area contributed by atoms with Crippen LogP contribution >= 0.6 is 0 Å². The van der Waals surface area contributed by atoms with E-state index >= 15 is 0 Å². The van der Waals surface area contributed by atoms with Crippen molar-refractivity contribution >= 4 is 11.7 Å². The first-order chi connectivity index (χ1) is 14.1. The number of aryl methyl sites for hydroxylation is 1. The molecule has 2 N–H and O–H groups in total. The predicted octanol–water partition coefficient (Wildman–Crippen LogP) is 3.48. The van der Waals surface area contributed by atoms with Crippen LogP contribution in [0.3, 0.4) is 0 Å². The van der Waals surface area contributed by atoms with Gasteiger partial charge in [-0.05, 0) is 36.6 Å². The number of ether oxygens (including phenoxy) is 1. The highest BCUT2D eigenvalue weighted by Gasteiger charge is 2.11. The second kappa shape index (κ2) is 8.18. The van der Waals surface area contributed by atoms with Crippen molar-refractivity contribution < 1.29 is 4.74 Å². The van der Waals surface area contributed by atoms with Crippen molar-refractivity contribution in [1.29, 1.82) is 0 Å². The third-order valence-corrected chi connectivity index (χ3v) is 4.78. The van der Waals surface area contributed by atoms with Crippen LogP contribution in [0.5, 0.6) is 5.75 Å². The minimum absolute atomic E-state index is 0.101. The maximum absolute atomic E-state index is 12.5. The summed E-state index contributed by atoms with van der Waals surface area (Å²) in [5, 5.41) is 6.19. The van der Waals surface area contributed by atoms with Gasteiger partial charge in [0.25, 0.3) is 11.3 Å². The summed E-state index contributed by atoms with van der Waals surface area (Å²) in [7, 11) is 0. The molecule has 0 radical (unpaired) electrons. The van der Waals surface area contributed by atoms with Crippen molar-refractivity contribution in [3.05, 3.63) is 87.3 Å². The van der Waals surface area contributed by atoms with E-state index in [1.165, 1.54) is 4.52 Å². The number of hydrogen-bond donors (Lipinski definition) is 2. The Bertz CT molecular complexity index is 1160. The Morgan fingerprint density at radius 3 is 2.52 bits per heavy atom. The fraction of sp³-hybridized carbons (Fsp3) is 0.227. The standard InChI is InChI=1S/C22H23N5O2/c1-3-19-15(2)24-22-25-21(26-27(22)20(19)28)23-13-16-9-11-18(12-10-16)29-14-17-7-5-4-6-8-17/h4-12H,3,13-14H2,1-2H3,(H2,23,24,25,26). The van der Waals surface area contributed by atoms with Gasteiger partial charge in [-0.15, -0.1) is 0 Å². The van der Waals surface area contributed by atoms with Crippen molar-refractivity contribution in [2.75, 3.05) is 5.32 Å². The Morgan fingerprint density at radius 2 is 1.79 bits per heavy atom. The van der Waals surface area contributed by atoms with Crippen LogP contribution in [0.15, 0.2) is 59.4 Å². The number of aromatic nitrogens is 4. The zero-order chi connectivity index (χ0) is 20.2. The molecule has 4 rings (SSSR count). The first kappa shape index (κ1) is 18.7. The van der Waals surface area contributed by atoms with Gasteiger partial charge in [0.15, 0.2) is 0 Å². The Hall–Kier alpha value is -3.61. The third kappa shape index (κ3) is 4.13. The van der Waals surface area contributed by atoms with Gasteiger partial charge in [0, 0.05) is 12.1 Å². The van der Waals surface area contributed by atoms with E-state index in [4.69, 9.17) is 4.74 Å². The summed E-state index contributed by atoms with van der Waals surface area (Å²) in [6.45, 7) is 4.88. The van der Waals surface area contributed by atoms with Crippen LogP contribution < -0.4 is 15.6 Å². The van der Waals surface area contributed by atoms with Gasteiger partial charge in [-0.3, -0.25) is 9.89 Å². The van der Waals surface area contributed by atoms with E-state index in [1.54, 1.807) is 0 Å². The monoisotopic (exact) mass is 389 g/mol. The largest absolute Gasteiger partial charge is 0.489 e. The van der Waals surface area contributed by atoms with Gasteiger partial charge >= 0.3 is 0 Å². The van der Waals surface area contributed by atoms with E-state index in [1.807, 2.05) is 68.4 Å². The molecule has 7 nitrogen and oxygen atoms in total. The lowest BCUT2D eigenvalue weighted by Crippen LogP contribution is -2.21. The van der Waals surface area contributed by atoms with Crippen molar-refractivity contribution in [1.82, 2.24) is 19.6 Å². The number of fused-ring (bicyclic) bond motifs is 1. The Morgan fingerprint density at radius 1 is 1.03 bits per heavy atom. The zero-order valence-electron chi connectivity index (χ0n) is 16.5. The van der Waals surface area contributed by atoms with Crippen molar-refractivity contribution in [3.63, 3.8) is 0 Å². The predicted molar refractivity (Wildman–Crippen MR) is 112 cm³/mol. The van der Waals surface area contributed by atoms with Gasteiger partial charge in [0.2, 0.25) is 5.95 Å². The second-order valence-electron chi connectivity index (χ2n) is 6.81. The van der Waals surface area contributed by atoms with Crippen LogP contribution in [0.4, 0.5) is 5.95 Å². The molecule has 4 aromatic rings. The van der Waals surface area contributed by atoms with Crippen LogP contribution in [0.25, 0.3) is 5.78 Å². The lowest BCUT2D eigenvalue weighted by Gasteiger charge is -2.08. The molecule has 0 aliphatic carbocycles. The van der Waals surface area contributed by atoms with Gasteiger partial charge in [-0.1, -0.05) is 49.4 Å². The van der Waals surface area contributed by atoms with E-state index < -0.39 is 0 Å². The molecule has 0 aliphatic heterocycles. The van der Waals surface area contributed by atoms with Gasteiger partial charge < -0.3 is 10.1 Å². The fourth-order valence-corrected chi connectivity index (χ4v) is 3.17. The van der Waals surface area contributed by atoms with E-state index in [-0.39, 0.29) is 5.56 Å². The SMILES string of the molecule is CCc1c(C)nc2nc(NCc3ccc(OCc4ccccc4)cc3)[nH]n2c1=O. The molecular weight excluding hydrogens is 366 g/mol. The quantitative estimate of drug-likeness (QED) is 0.506. The molecule has 7 heteroatoms. The fourth-order valence-electron chi connectivity index (χ4n) is 3.17. The zero-order valence-corrected chi connectivity index (χ0v) is 16.5. The Kier molecular flexibility index (Phi) is 5.29. The first-order valence-electron chi connectivity index (χ1n) is 9.62. The van der Waals surface area contributed by atoms with Crippen molar-refractivity contribution in [3.8, 4) is 5.75 Å². The van der Waals surface area contributed by atoms with Crippen LogP contribution in [-0.4, -0.2) is 19.6 Å². The molecule has 0 unspecified atom stereocenters. The number of rotatable bonds is 7. The molecule has 0 bridgehead atoms. The molecule has 148 valence electrons. The highest BCUT2D eigenvalue weighted by atomic mass is 16.5. The summed E-state index contributed by atoms with van der Waals surface area (Å²) < 4.78 is 7.19. The molecular formula is C22H23N5O2. The number of H-pyrrole nitrogens is 1. The van der Waals surface area contributed by atoms with Crippen LogP contribution in [0.2, 0.25) is 0 Å². The average Bonchev–Trinajstić information content (AvgIpc) is 3.15. The molecule has 2 aromatic carbocycles. The van der Waals surface area contributed by atoms with Crippen LogP contribution in [-0.2, 0) is 19.6 Å². The third-order valence-electron chi connectivity index (χ3n) is 4.78. The average molecular weight is 389 g/mol. The van der Waals surface area contributed by atoms with E-state index in [0.29, 0.717) is 36.9 Å². The van der Waals surface area contributed by atoms with Crippen LogP contribution in [0, 0.1) is 6.92 Å². The highest BCUT2D eigenvalue weighted by molar-refractivity contribution is 5.40. The molecule has 2 aromatic heterocycles. The molecule has 0 saturated heterocycles. The summed E-state index contributed by atoms with van der Waals surface area (Å²) in [6, 6.07) is 18.0. The van der Waals surface area contributed by atoms with E-state index in [9.17, 15) is 4.79 Å². The van der Waals surface area contributed by atoms with E-state index in [2.05, 4.69) is 20.4 Å². The normalized spacial score (nSPS) is 11.0. The van der Waals surface area contributed by atoms with E-state index in [0.717, 1.165) is 22.6 Å². The Balaban J connectivity index is 1.40. The smallest absolute Gasteiger partial charge is 0.277 e. The molecule has 0 saturated carbocycles. The second-order valence-corrected chi connectivity index (χ2v) is 6.81. The molecule has 0 fully saturated rings. The van der Waals surface area contributed by atoms with Crippen molar-refractivity contribution in [2.45, 2.75) is 33.4 Å². The molecule has 0 amide bonds. The van der Waals surface area contributed by atoms with Gasteiger partial charge in [-0.2, -0.15) is 9.50 Å². The maximum Gasteiger partial charge on any atom is 0.277 e.